The monoisotopic (exact) mass is 280 g/mol. The summed E-state index contributed by atoms with van der Waals surface area (Å²) in [7, 11) is 0. The molecule has 1 saturated heterocycles. The average Bonchev–Trinajstić information content (AvgIpc) is 2.99. The van der Waals surface area contributed by atoms with Gasteiger partial charge in [0.2, 0.25) is 0 Å². The Kier molecular flexibility index (Phi) is 6.30. The second-order valence-electron chi connectivity index (χ2n) is 5.11. The van der Waals surface area contributed by atoms with Gasteiger partial charge in [-0.15, -0.1) is 0 Å². The Labute approximate surface area is 120 Å². The van der Waals surface area contributed by atoms with E-state index in [1.807, 2.05) is 24.3 Å². The average molecular weight is 280 g/mol. The van der Waals surface area contributed by atoms with Gasteiger partial charge in [-0.1, -0.05) is 19.1 Å². The fraction of sp³-hybridized carbons (Fsp3) is 0.625. The Hall–Kier alpha value is -1.10. The lowest BCUT2D eigenvalue weighted by atomic mass is 10.1. The number of hydrogen-bond donors (Lipinski definition) is 1. The third-order valence-corrected chi connectivity index (χ3v) is 3.34. The van der Waals surface area contributed by atoms with E-state index in [-0.39, 0.29) is 6.10 Å². The minimum absolute atomic E-state index is 0.201. The van der Waals surface area contributed by atoms with Crippen LogP contribution in [0.25, 0.3) is 0 Å². The maximum atomic E-state index is 10.1. The fourth-order valence-electron chi connectivity index (χ4n) is 2.19. The van der Waals surface area contributed by atoms with Gasteiger partial charge in [0.15, 0.2) is 0 Å². The molecule has 0 amide bonds. The predicted octanol–water partition coefficient (Wildman–Crippen LogP) is 2.70. The lowest BCUT2D eigenvalue weighted by Crippen LogP contribution is -2.17. The summed E-state index contributed by atoms with van der Waals surface area (Å²) in [5, 5.41) is 10.1. The highest BCUT2D eigenvalue weighted by Gasteiger charge is 2.16. The van der Waals surface area contributed by atoms with Gasteiger partial charge in [-0.05, 0) is 37.0 Å². The van der Waals surface area contributed by atoms with Crippen LogP contribution < -0.4 is 4.74 Å². The Morgan fingerprint density at radius 1 is 1.35 bits per heavy atom. The minimum Gasteiger partial charge on any atom is -0.494 e. The van der Waals surface area contributed by atoms with Crippen LogP contribution in [-0.2, 0) is 9.47 Å². The molecular weight excluding hydrogens is 256 g/mol. The van der Waals surface area contributed by atoms with E-state index in [1.165, 1.54) is 0 Å². The van der Waals surface area contributed by atoms with Gasteiger partial charge in [-0.2, -0.15) is 0 Å². The Morgan fingerprint density at radius 3 is 2.80 bits per heavy atom. The molecular formula is C16H24O4. The summed E-state index contributed by atoms with van der Waals surface area (Å²) in [6, 6.07) is 7.53. The summed E-state index contributed by atoms with van der Waals surface area (Å²) in [4.78, 5) is 0. The second-order valence-corrected chi connectivity index (χ2v) is 5.11. The maximum Gasteiger partial charge on any atom is 0.119 e. The van der Waals surface area contributed by atoms with Crippen LogP contribution in [0.1, 0.15) is 37.9 Å². The highest BCUT2D eigenvalue weighted by atomic mass is 16.5. The molecule has 1 fully saturated rings. The van der Waals surface area contributed by atoms with Gasteiger partial charge in [0.1, 0.15) is 11.9 Å². The maximum absolute atomic E-state index is 10.1. The third kappa shape index (κ3) is 4.78. The zero-order valence-electron chi connectivity index (χ0n) is 12.1. The van der Waals surface area contributed by atoms with Gasteiger partial charge in [0.05, 0.1) is 25.9 Å². The Bertz CT molecular complexity index is 371. The normalized spacial score (nSPS) is 20.0. The van der Waals surface area contributed by atoms with E-state index in [1.54, 1.807) is 0 Å². The molecule has 1 aromatic rings. The van der Waals surface area contributed by atoms with Gasteiger partial charge < -0.3 is 19.3 Å². The van der Waals surface area contributed by atoms with Gasteiger partial charge in [-0.3, -0.25) is 0 Å². The first-order valence-electron chi connectivity index (χ1n) is 7.39. The van der Waals surface area contributed by atoms with E-state index >= 15 is 0 Å². The molecule has 4 nitrogen and oxygen atoms in total. The summed E-state index contributed by atoms with van der Waals surface area (Å²) in [5.41, 5.74) is 0.848. The van der Waals surface area contributed by atoms with Gasteiger partial charge in [0, 0.05) is 6.61 Å². The summed E-state index contributed by atoms with van der Waals surface area (Å²) in [6.45, 7) is 4.48. The minimum atomic E-state index is -0.600. The smallest absolute Gasteiger partial charge is 0.119 e. The third-order valence-electron chi connectivity index (χ3n) is 3.34. The van der Waals surface area contributed by atoms with Crippen LogP contribution in [0, 0.1) is 0 Å². The standard InChI is InChI=1S/C16H24O4/c1-2-9-19-14-7-5-13(6-8-14)16(17)12-18-11-15-4-3-10-20-15/h5-8,15-17H,2-4,9-12H2,1H3. The molecule has 20 heavy (non-hydrogen) atoms. The lowest BCUT2D eigenvalue weighted by molar-refractivity contribution is -0.0176. The van der Waals surface area contributed by atoms with Gasteiger partial charge in [0.25, 0.3) is 0 Å². The molecule has 1 N–H and O–H groups in total. The van der Waals surface area contributed by atoms with Crippen LogP contribution in [-0.4, -0.2) is 37.6 Å². The number of ether oxygens (including phenoxy) is 3. The molecule has 4 heteroatoms. The zero-order chi connectivity index (χ0) is 14.2. The summed E-state index contributed by atoms with van der Waals surface area (Å²) in [6.07, 6.45) is 2.75. The summed E-state index contributed by atoms with van der Waals surface area (Å²) >= 11 is 0. The van der Waals surface area contributed by atoms with Gasteiger partial charge in [-0.25, -0.2) is 0 Å². The molecule has 1 heterocycles. The van der Waals surface area contributed by atoms with Gasteiger partial charge >= 0.3 is 0 Å². The topological polar surface area (TPSA) is 47.9 Å². The van der Waals surface area contributed by atoms with Crippen LogP contribution in [0.5, 0.6) is 5.75 Å². The Morgan fingerprint density at radius 2 is 2.15 bits per heavy atom. The van der Waals surface area contributed by atoms with Crippen molar-refractivity contribution in [1.82, 2.24) is 0 Å². The van der Waals surface area contributed by atoms with Crippen molar-refractivity contribution < 1.29 is 19.3 Å². The number of hydrogen-bond acceptors (Lipinski definition) is 4. The van der Waals surface area contributed by atoms with Crippen molar-refractivity contribution in [2.45, 2.75) is 38.4 Å². The molecule has 0 aromatic heterocycles. The summed E-state index contributed by atoms with van der Waals surface area (Å²) in [5.74, 6) is 0.836. The van der Waals surface area contributed by atoms with Crippen molar-refractivity contribution in [2.24, 2.45) is 0 Å². The molecule has 1 aliphatic rings. The summed E-state index contributed by atoms with van der Waals surface area (Å²) < 4.78 is 16.5. The van der Waals surface area contributed by atoms with E-state index < -0.39 is 6.10 Å². The first kappa shape index (κ1) is 15.3. The van der Waals surface area contributed by atoms with E-state index in [4.69, 9.17) is 14.2 Å². The largest absolute Gasteiger partial charge is 0.494 e. The quantitative estimate of drug-likeness (QED) is 0.795. The number of benzene rings is 1. The van der Waals surface area contributed by atoms with Crippen molar-refractivity contribution in [3.8, 4) is 5.75 Å². The van der Waals surface area contributed by atoms with Crippen molar-refractivity contribution in [3.05, 3.63) is 29.8 Å². The first-order valence-corrected chi connectivity index (χ1v) is 7.39. The first-order chi connectivity index (χ1) is 9.79. The van der Waals surface area contributed by atoms with Crippen molar-refractivity contribution >= 4 is 0 Å². The molecule has 1 aliphatic heterocycles. The molecule has 0 radical (unpaired) electrons. The highest BCUT2D eigenvalue weighted by Crippen LogP contribution is 2.19. The van der Waals surface area contributed by atoms with E-state index in [9.17, 15) is 5.11 Å². The molecule has 2 rings (SSSR count). The van der Waals surface area contributed by atoms with Crippen LogP contribution in [0.4, 0.5) is 0 Å². The molecule has 0 bridgehead atoms. The fourth-order valence-corrected chi connectivity index (χ4v) is 2.19. The lowest BCUT2D eigenvalue weighted by Gasteiger charge is -2.14. The van der Waals surface area contributed by atoms with E-state index in [0.29, 0.717) is 19.8 Å². The second kappa shape index (κ2) is 8.25. The Balaban J connectivity index is 1.72. The molecule has 0 aliphatic carbocycles. The van der Waals surface area contributed by atoms with Crippen LogP contribution in [0.2, 0.25) is 0 Å². The SMILES string of the molecule is CCCOc1ccc(C(O)COCC2CCCO2)cc1. The molecule has 0 saturated carbocycles. The van der Waals surface area contributed by atoms with Crippen LogP contribution >= 0.6 is 0 Å². The number of aliphatic hydroxyl groups excluding tert-OH is 1. The number of rotatable bonds is 8. The molecule has 1 aromatic carbocycles. The predicted molar refractivity (Wildman–Crippen MR) is 77.0 cm³/mol. The van der Waals surface area contributed by atoms with Crippen LogP contribution in [0.15, 0.2) is 24.3 Å². The molecule has 2 atom stereocenters. The van der Waals surface area contributed by atoms with Crippen molar-refractivity contribution in [2.75, 3.05) is 26.4 Å². The molecule has 112 valence electrons. The highest BCUT2D eigenvalue weighted by molar-refractivity contribution is 5.28. The van der Waals surface area contributed by atoms with Crippen molar-refractivity contribution in [1.29, 1.82) is 0 Å². The van der Waals surface area contributed by atoms with E-state index in [2.05, 4.69) is 6.92 Å². The molecule has 0 spiro atoms. The molecule has 2 unspecified atom stereocenters. The van der Waals surface area contributed by atoms with Crippen LogP contribution in [0.3, 0.4) is 0 Å². The van der Waals surface area contributed by atoms with Crippen molar-refractivity contribution in [3.63, 3.8) is 0 Å². The van der Waals surface area contributed by atoms with E-state index in [0.717, 1.165) is 37.2 Å². The number of aliphatic hydroxyl groups is 1. The zero-order valence-corrected chi connectivity index (χ0v) is 12.1.